The van der Waals surface area contributed by atoms with Gasteiger partial charge in [-0.15, -0.1) is 11.3 Å². The van der Waals surface area contributed by atoms with Gasteiger partial charge in [-0.2, -0.15) is 23.4 Å². The van der Waals surface area contributed by atoms with Crippen molar-refractivity contribution in [3.63, 3.8) is 0 Å². The summed E-state index contributed by atoms with van der Waals surface area (Å²) in [5.41, 5.74) is 1.66. The van der Waals surface area contributed by atoms with E-state index < -0.39 is 32.0 Å². The predicted molar refractivity (Wildman–Crippen MR) is 158 cm³/mol. The number of halogens is 4. The summed E-state index contributed by atoms with van der Waals surface area (Å²) in [7, 11) is -1.24. The minimum Gasteiger partial charge on any atom is -0.290 e. The highest BCUT2D eigenvalue weighted by Gasteiger charge is 2.53. The molecule has 44 heavy (non-hydrogen) atoms. The van der Waals surface area contributed by atoms with E-state index in [0.29, 0.717) is 41.0 Å². The summed E-state index contributed by atoms with van der Waals surface area (Å²) in [6.45, 7) is 0. The Morgan fingerprint density at radius 2 is 1.86 bits per heavy atom. The molecule has 3 heterocycles. The van der Waals surface area contributed by atoms with Crippen LogP contribution in [0.25, 0.3) is 11.8 Å². The molecule has 8 nitrogen and oxygen atoms in total. The second-order valence-corrected chi connectivity index (χ2v) is 14.9. The number of benzene rings is 1. The molecule has 3 aliphatic carbocycles. The van der Waals surface area contributed by atoms with E-state index in [4.69, 9.17) is 0 Å². The van der Waals surface area contributed by atoms with Crippen LogP contribution in [0.4, 0.5) is 17.6 Å². The van der Waals surface area contributed by atoms with Gasteiger partial charge in [-0.05, 0) is 80.3 Å². The van der Waals surface area contributed by atoms with Crippen molar-refractivity contribution < 1.29 is 26.6 Å². The molecule has 0 spiro atoms. The molecule has 2 fully saturated rings. The summed E-state index contributed by atoms with van der Waals surface area (Å²) in [6, 6.07) is 5.57. The number of Topliss-reactive ketones (excluding diaryl/α,β-unsaturated/α-hetero) is 1. The highest BCUT2D eigenvalue weighted by atomic mass is 32.2. The lowest BCUT2D eigenvalue weighted by molar-refractivity contribution is -0.134. The molecule has 2 saturated carbocycles. The quantitative estimate of drug-likeness (QED) is 0.146. The lowest BCUT2D eigenvalue weighted by Crippen LogP contribution is -2.51. The minimum atomic E-state index is -4.62. The highest BCUT2D eigenvalue weighted by Crippen LogP contribution is 2.53. The molecule has 3 aliphatic rings. The average molecular weight is 645 g/mol. The number of aryl methyl sites for hydroxylation is 1. The third kappa shape index (κ3) is 4.83. The van der Waals surface area contributed by atoms with Crippen molar-refractivity contribution in [2.24, 2.45) is 12.5 Å². The SMILES string of the molecule is C=S(=O)(c1cnn(C)c1)N(C1CC1)[C@H]1CCC2=Cc3c(cnn3-c3ccc(F)cc3)C[C@]2(C(=O)c2ncc(C(F)(F)F)s2)C1. The summed E-state index contributed by atoms with van der Waals surface area (Å²) >= 11 is 0.348. The molecule has 14 heteroatoms. The molecular formula is C30H28F4N6O2S2. The predicted octanol–water partition coefficient (Wildman–Crippen LogP) is 5.74. The van der Waals surface area contributed by atoms with Gasteiger partial charge in [-0.25, -0.2) is 22.6 Å². The Morgan fingerprint density at radius 1 is 1.11 bits per heavy atom. The number of alkyl halides is 3. The van der Waals surface area contributed by atoms with E-state index >= 15 is 0 Å². The zero-order valence-electron chi connectivity index (χ0n) is 23.6. The maximum Gasteiger partial charge on any atom is 0.427 e. The topological polar surface area (TPSA) is 85.9 Å². The lowest BCUT2D eigenvalue weighted by Gasteiger charge is -2.47. The van der Waals surface area contributed by atoms with Crippen LogP contribution in [0.1, 0.15) is 58.0 Å². The lowest BCUT2D eigenvalue weighted by atomic mass is 9.61. The molecule has 7 rings (SSSR count). The van der Waals surface area contributed by atoms with E-state index in [1.54, 1.807) is 47.1 Å². The Morgan fingerprint density at radius 3 is 2.50 bits per heavy atom. The Kier molecular flexibility index (Phi) is 6.75. The van der Waals surface area contributed by atoms with Crippen LogP contribution >= 0.6 is 11.3 Å². The van der Waals surface area contributed by atoms with E-state index in [9.17, 15) is 26.6 Å². The number of hydrogen-bond acceptors (Lipinski definition) is 6. The van der Waals surface area contributed by atoms with Crippen LogP contribution in [0.3, 0.4) is 0 Å². The molecule has 3 atom stereocenters. The number of hydrogen-bond donors (Lipinski definition) is 0. The van der Waals surface area contributed by atoms with Crippen LogP contribution in [-0.2, 0) is 29.4 Å². The molecular weight excluding hydrogens is 616 g/mol. The van der Waals surface area contributed by atoms with Crippen LogP contribution in [0.15, 0.2) is 59.5 Å². The van der Waals surface area contributed by atoms with Gasteiger partial charge in [0.1, 0.15) is 10.7 Å². The summed E-state index contributed by atoms with van der Waals surface area (Å²) in [5.74, 6) is 3.29. The van der Waals surface area contributed by atoms with Crippen LogP contribution in [0, 0.1) is 11.2 Å². The van der Waals surface area contributed by atoms with E-state index in [1.165, 1.54) is 12.1 Å². The van der Waals surface area contributed by atoms with Gasteiger partial charge in [-0.1, -0.05) is 5.57 Å². The monoisotopic (exact) mass is 644 g/mol. The fourth-order valence-corrected chi connectivity index (χ4v) is 9.55. The number of ketones is 1. The van der Waals surface area contributed by atoms with Crippen molar-refractivity contribution in [2.45, 2.75) is 61.7 Å². The van der Waals surface area contributed by atoms with Crippen molar-refractivity contribution in [3.05, 3.63) is 81.6 Å². The van der Waals surface area contributed by atoms with Gasteiger partial charge in [0.2, 0.25) is 5.78 Å². The van der Waals surface area contributed by atoms with E-state index in [-0.39, 0.29) is 35.8 Å². The molecule has 3 aromatic heterocycles. The summed E-state index contributed by atoms with van der Waals surface area (Å²) in [4.78, 5) is 18.0. The Hall–Kier alpha value is -3.62. The van der Waals surface area contributed by atoms with Crippen molar-refractivity contribution in [1.82, 2.24) is 28.9 Å². The van der Waals surface area contributed by atoms with Crippen LogP contribution < -0.4 is 0 Å². The Bertz CT molecular complexity index is 1900. The molecule has 1 aromatic carbocycles. The number of aromatic nitrogens is 5. The second kappa shape index (κ2) is 10.2. The highest BCUT2D eigenvalue weighted by molar-refractivity contribution is 7.98. The van der Waals surface area contributed by atoms with Gasteiger partial charge in [-0.3, -0.25) is 9.48 Å². The molecule has 0 radical (unpaired) electrons. The molecule has 0 bridgehead atoms. The molecule has 4 aromatic rings. The summed E-state index contributed by atoms with van der Waals surface area (Å²) < 4.78 is 73.8. The van der Waals surface area contributed by atoms with Gasteiger partial charge < -0.3 is 0 Å². The van der Waals surface area contributed by atoms with Gasteiger partial charge in [0.05, 0.1) is 50.0 Å². The molecule has 0 N–H and O–H groups in total. The first kappa shape index (κ1) is 29.1. The van der Waals surface area contributed by atoms with E-state index in [1.807, 2.05) is 10.4 Å². The first-order chi connectivity index (χ1) is 20.9. The van der Waals surface area contributed by atoms with Gasteiger partial charge in [0.25, 0.3) is 0 Å². The smallest absolute Gasteiger partial charge is 0.290 e. The van der Waals surface area contributed by atoms with Crippen LogP contribution in [0.2, 0.25) is 0 Å². The number of nitrogens with zero attached hydrogens (tertiary/aromatic N) is 6. The van der Waals surface area contributed by atoms with Crippen molar-refractivity contribution in [3.8, 4) is 5.69 Å². The maximum atomic E-state index is 14.4. The molecule has 1 unspecified atom stereocenters. The standard InChI is InChI=1S/C30H28F4N6O2S2/c1-38-17-24(15-36-38)44(2,42)40(22-9-10-22)23-6-3-19-11-25-18(14-37-39(25)21-7-4-20(31)5-8-21)12-29(19,13-23)27(41)28-35-16-26(43-28)30(32,33)34/h4-5,7-8,11,14-17,22-23H,2-3,6,9-10,12-13H2,1H3/t23-,29-,44?/m0/s1. The van der Waals surface area contributed by atoms with Crippen LogP contribution in [0.5, 0.6) is 0 Å². The largest absolute Gasteiger partial charge is 0.427 e. The third-order valence-corrected chi connectivity index (χ3v) is 12.0. The molecule has 0 saturated heterocycles. The van der Waals surface area contributed by atoms with Gasteiger partial charge in [0, 0.05) is 25.3 Å². The van der Waals surface area contributed by atoms with E-state index in [0.717, 1.165) is 29.7 Å². The summed E-state index contributed by atoms with van der Waals surface area (Å²) in [6.07, 6.45) is 5.99. The second-order valence-electron chi connectivity index (χ2n) is 11.7. The number of fused-ring (bicyclic) bond motifs is 2. The van der Waals surface area contributed by atoms with Crippen LogP contribution in [-0.4, -0.2) is 56.8 Å². The fraction of sp³-hybridized carbons (Fsp3) is 0.367. The number of carbonyl (C=O) groups excluding carboxylic acids is 1. The average Bonchev–Trinajstić information content (AvgIpc) is 3.34. The summed E-state index contributed by atoms with van der Waals surface area (Å²) in [5, 5.41) is 8.52. The molecule has 0 amide bonds. The maximum absolute atomic E-state index is 14.4. The van der Waals surface area contributed by atoms with E-state index in [2.05, 4.69) is 21.1 Å². The Labute approximate surface area is 255 Å². The molecule has 230 valence electrons. The van der Waals surface area contributed by atoms with Crippen molar-refractivity contribution in [1.29, 1.82) is 0 Å². The van der Waals surface area contributed by atoms with Gasteiger partial charge >= 0.3 is 6.18 Å². The van der Waals surface area contributed by atoms with Gasteiger partial charge in [0.15, 0.2) is 5.01 Å². The number of allylic oxidation sites excluding steroid dienone is 1. The first-order valence-corrected chi connectivity index (χ1v) is 16.6. The minimum absolute atomic E-state index is 0.0139. The number of carbonyl (C=O) groups is 1. The number of thiazole rings is 1. The third-order valence-electron chi connectivity index (χ3n) is 8.78. The van der Waals surface area contributed by atoms with Crippen molar-refractivity contribution >= 4 is 38.8 Å². The zero-order chi connectivity index (χ0) is 31.0. The first-order valence-electron chi connectivity index (χ1n) is 14.1. The van der Waals surface area contributed by atoms with Crippen molar-refractivity contribution in [2.75, 3.05) is 0 Å². The molecule has 0 aliphatic heterocycles. The fourth-order valence-electron chi connectivity index (χ4n) is 6.60. The normalized spacial score (nSPS) is 23.1. The zero-order valence-corrected chi connectivity index (χ0v) is 25.3. The Balaban J connectivity index is 1.32. The number of rotatable bonds is 7.